The Labute approximate surface area is 114 Å². The zero-order valence-corrected chi connectivity index (χ0v) is 10.9. The molecule has 1 fully saturated rings. The summed E-state index contributed by atoms with van der Waals surface area (Å²) in [5.74, 6) is 0.181. The SMILES string of the molecule is C=CC1CC(c2ccccc2)(c2ccccc2)C1O. The van der Waals surface area contributed by atoms with Crippen LogP contribution < -0.4 is 0 Å². The van der Waals surface area contributed by atoms with Crippen molar-refractivity contribution in [3.05, 3.63) is 84.4 Å². The number of hydrogen-bond acceptors (Lipinski definition) is 1. The first kappa shape index (κ1) is 12.2. The summed E-state index contributed by atoms with van der Waals surface area (Å²) in [6.45, 7) is 3.83. The van der Waals surface area contributed by atoms with Gasteiger partial charge in [0.05, 0.1) is 6.10 Å². The van der Waals surface area contributed by atoms with Crippen LogP contribution in [0.4, 0.5) is 0 Å². The monoisotopic (exact) mass is 250 g/mol. The smallest absolute Gasteiger partial charge is 0.0740 e. The first-order valence-electron chi connectivity index (χ1n) is 6.70. The number of benzene rings is 2. The van der Waals surface area contributed by atoms with E-state index < -0.39 is 6.10 Å². The molecule has 2 atom stereocenters. The summed E-state index contributed by atoms with van der Waals surface area (Å²) in [4.78, 5) is 0. The highest BCUT2D eigenvalue weighted by Gasteiger charge is 2.53. The summed E-state index contributed by atoms with van der Waals surface area (Å²) in [5.41, 5.74) is 2.10. The molecule has 0 aliphatic heterocycles. The molecule has 1 heteroatoms. The third-order valence-electron chi connectivity index (χ3n) is 4.35. The summed E-state index contributed by atoms with van der Waals surface area (Å²) < 4.78 is 0. The second kappa shape index (κ2) is 4.67. The van der Waals surface area contributed by atoms with E-state index in [4.69, 9.17) is 0 Å². The lowest BCUT2D eigenvalue weighted by atomic mass is 9.53. The van der Waals surface area contributed by atoms with E-state index >= 15 is 0 Å². The number of rotatable bonds is 3. The van der Waals surface area contributed by atoms with Crippen molar-refractivity contribution in [2.45, 2.75) is 17.9 Å². The predicted molar refractivity (Wildman–Crippen MR) is 78.0 cm³/mol. The molecule has 1 aliphatic rings. The van der Waals surface area contributed by atoms with Crippen LogP contribution in [0, 0.1) is 5.92 Å². The van der Waals surface area contributed by atoms with E-state index in [2.05, 4.69) is 30.8 Å². The van der Waals surface area contributed by atoms with Crippen molar-refractivity contribution in [1.82, 2.24) is 0 Å². The number of hydrogen-bond donors (Lipinski definition) is 1. The first-order chi connectivity index (χ1) is 9.29. The molecule has 0 saturated heterocycles. The van der Waals surface area contributed by atoms with Gasteiger partial charge in [0.15, 0.2) is 0 Å². The molecule has 19 heavy (non-hydrogen) atoms. The molecule has 0 bridgehead atoms. The van der Waals surface area contributed by atoms with Gasteiger partial charge in [-0.3, -0.25) is 0 Å². The topological polar surface area (TPSA) is 20.2 Å². The Bertz CT molecular complexity index is 519. The molecule has 0 heterocycles. The van der Waals surface area contributed by atoms with Crippen LogP contribution in [0.5, 0.6) is 0 Å². The molecule has 0 radical (unpaired) electrons. The Morgan fingerprint density at radius 3 is 1.79 bits per heavy atom. The third-order valence-corrected chi connectivity index (χ3v) is 4.35. The minimum absolute atomic E-state index is 0.181. The van der Waals surface area contributed by atoms with Gasteiger partial charge < -0.3 is 5.11 Å². The van der Waals surface area contributed by atoms with Crippen molar-refractivity contribution in [3.8, 4) is 0 Å². The Morgan fingerprint density at radius 1 is 0.947 bits per heavy atom. The molecular formula is C18H18O. The number of aliphatic hydroxyl groups is 1. The van der Waals surface area contributed by atoms with E-state index in [-0.39, 0.29) is 11.3 Å². The van der Waals surface area contributed by atoms with E-state index in [1.807, 2.05) is 42.5 Å². The average molecular weight is 250 g/mol. The van der Waals surface area contributed by atoms with Crippen molar-refractivity contribution in [2.75, 3.05) is 0 Å². The van der Waals surface area contributed by atoms with Crippen molar-refractivity contribution < 1.29 is 5.11 Å². The lowest BCUT2D eigenvalue weighted by molar-refractivity contribution is -0.0247. The van der Waals surface area contributed by atoms with E-state index in [1.54, 1.807) is 0 Å². The van der Waals surface area contributed by atoms with E-state index in [1.165, 1.54) is 11.1 Å². The van der Waals surface area contributed by atoms with E-state index in [0.29, 0.717) is 0 Å². The van der Waals surface area contributed by atoms with Crippen LogP contribution in [0.25, 0.3) is 0 Å². The lowest BCUT2D eigenvalue weighted by Gasteiger charge is -2.52. The van der Waals surface area contributed by atoms with Gasteiger partial charge in [0.2, 0.25) is 0 Å². The summed E-state index contributed by atoms with van der Waals surface area (Å²) in [5, 5.41) is 10.7. The van der Waals surface area contributed by atoms with Crippen LogP contribution in [0.1, 0.15) is 17.5 Å². The van der Waals surface area contributed by atoms with Crippen molar-refractivity contribution in [3.63, 3.8) is 0 Å². The first-order valence-corrected chi connectivity index (χ1v) is 6.70. The van der Waals surface area contributed by atoms with Crippen LogP contribution in [0.2, 0.25) is 0 Å². The van der Waals surface area contributed by atoms with Gasteiger partial charge in [-0.05, 0) is 17.5 Å². The normalized spacial score (nSPS) is 24.5. The average Bonchev–Trinajstić information content (AvgIpc) is 2.49. The van der Waals surface area contributed by atoms with Gasteiger partial charge in [-0.2, -0.15) is 0 Å². The highest BCUT2D eigenvalue weighted by molar-refractivity contribution is 5.45. The van der Waals surface area contributed by atoms with Crippen LogP contribution in [0.15, 0.2) is 73.3 Å². The highest BCUT2D eigenvalue weighted by Crippen LogP contribution is 2.52. The second-order valence-corrected chi connectivity index (χ2v) is 5.25. The molecule has 3 rings (SSSR count). The molecule has 2 aromatic carbocycles. The van der Waals surface area contributed by atoms with Gasteiger partial charge in [-0.25, -0.2) is 0 Å². The molecule has 2 aromatic rings. The van der Waals surface area contributed by atoms with Gasteiger partial charge in [0.1, 0.15) is 0 Å². The molecule has 0 amide bonds. The fourth-order valence-corrected chi connectivity index (χ4v) is 3.24. The zero-order valence-electron chi connectivity index (χ0n) is 10.9. The van der Waals surface area contributed by atoms with Crippen molar-refractivity contribution >= 4 is 0 Å². The molecule has 1 N–H and O–H groups in total. The molecule has 0 spiro atoms. The minimum atomic E-state index is -0.394. The van der Waals surface area contributed by atoms with Crippen LogP contribution in [-0.4, -0.2) is 11.2 Å². The van der Waals surface area contributed by atoms with Gasteiger partial charge >= 0.3 is 0 Å². The van der Waals surface area contributed by atoms with Gasteiger partial charge in [0, 0.05) is 11.3 Å². The zero-order chi connectivity index (χ0) is 13.3. The van der Waals surface area contributed by atoms with Crippen molar-refractivity contribution in [2.24, 2.45) is 5.92 Å². The second-order valence-electron chi connectivity index (χ2n) is 5.25. The summed E-state index contributed by atoms with van der Waals surface area (Å²) in [6.07, 6.45) is 2.40. The van der Waals surface area contributed by atoms with Crippen LogP contribution in [-0.2, 0) is 5.41 Å². The van der Waals surface area contributed by atoms with Gasteiger partial charge in [-0.15, -0.1) is 6.58 Å². The largest absolute Gasteiger partial charge is 0.391 e. The Hall–Kier alpha value is -1.86. The van der Waals surface area contributed by atoms with Gasteiger partial charge in [-0.1, -0.05) is 66.7 Å². The maximum Gasteiger partial charge on any atom is 0.0740 e. The number of aliphatic hydroxyl groups excluding tert-OH is 1. The van der Waals surface area contributed by atoms with E-state index in [9.17, 15) is 5.11 Å². The minimum Gasteiger partial charge on any atom is -0.391 e. The fraction of sp³-hybridized carbons (Fsp3) is 0.222. The maximum atomic E-state index is 10.7. The Morgan fingerprint density at radius 2 is 1.42 bits per heavy atom. The summed E-state index contributed by atoms with van der Waals surface area (Å²) in [6, 6.07) is 20.6. The predicted octanol–water partition coefficient (Wildman–Crippen LogP) is 3.54. The summed E-state index contributed by atoms with van der Waals surface area (Å²) in [7, 11) is 0. The molecular weight excluding hydrogens is 232 g/mol. The standard InChI is InChI=1S/C18H18O/c1-2-14-13-18(17(14)19,15-9-5-3-6-10-15)16-11-7-4-8-12-16/h2-12,14,17,19H,1,13H2. The Balaban J connectivity index is 2.11. The quantitative estimate of drug-likeness (QED) is 0.826. The third kappa shape index (κ3) is 1.73. The molecule has 1 nitrogen and oxygen atoms in total. The van der Waals surface area contributed by atoms with Gasteiger partial charge in [0.25, 0.3) is 0 Å². The van der Waals surface area contributed by atoms with Crippen LogP contribution >= 0.6 is 0 Å². The van der Waals surface area contributed by atoms with Crippen LogP contribution in [0.3, 0.4) is 0 Å². The molecule has 1 saturated carbocycles. The highest BCUT2D eigenvalue weighted by atomic mass is 16.3. The molecule has 1 aliphatic carbocycles. The molecule has 2 unspecified atom stereocenters. The lowest BCUT2D eigenvalue weighted by Crippen LogP contribution is -2.55. The fourth-order valence-electron chi connectivity index (χ4n) is 3.24. The van der Waals surface area contributed by atoms with E-state index in [0.717, 1.165) is 6.42 Å². The Kier molecular flexibility index (Phi) is 3.00. The summed E-state index contributed by atoms with van der Waals surface area (Å²) >= 11 is 0. The maximum absolute atomic E-state index is 10.7. The molecule has 0 aromatic heterocycles. The molecule has 96 valence electrons. The van der Waals surface area contributed by atoms with Crippen molar-refractivity contribution in [1.29, 1.82) is 0 Å².